The number of hydrogen-bond donors (Lipinski definition) is 0. The number of hydrogen-bond acceptors (Lipinski definition) is 0. The third kappa shape index (κ3) is 2.34. The van der Waals surface area contributed by atoms with Crippen LogP contribution in [0.3, 0.4) is 0 Å². The second-order valence-electron chi connectivity index (χ2n) is 3.81. The Labute approximate surface area is 96.1 Å². The molecule has 0 aromatic carbocycles. The first-order valence-corrected chi connectivity index (χ1v) is 5.35. The monoisotopic (exact) mass is 212 g/mol. The summed E-state index contributed by atoms with van der Waals surface area (Å²) < 4.78 is 4.18. The van der Waals surface area contributed by atoms with E-state index < -0.39 is 0 Å². The molecule has 0 fully saturated rings. The highest BCUT2D eigenvalue weighted by molar-refractivity contribution is 5.54. The number of nitrogens with zero attached hydrogens (tertiary/aromatic N) is 2. The van der Waals surface area contributed by atoms with E-state index in [4.69, 9.17) is 0 Å². The van der Waals surface area contributed by atoms with Gasteiger partial charge in [0.05, 0.1) is 0 Å². The summed E-state index contributed by atoms with van der Waals surface area (Å²) in [6.07, 6.45) is 12.4. The molecule has 0 saturated carbocycles. The van der Waals surface area contributed by atoms with Gasteiger partial charge in [-0.3, -0.25) is 0 Å². The van der Waals surface area contributed by atoms with Crippen LogP contribution in [0.1, 0.15) is 11.4 Å². The Hall–Kier alpha value is -1.96. The number of allylic oxidation sites excluding steroid dienone is 2. The zero-order chi connectivity index (χ0) is 11.4. The minimum atomic E-state index is 1.21. The summed E-state index contributed by atoms with van der Waals surface area (Å²) in [5.74, 6) is 0. The number of aromatic nitrogens is 2. The molecule has 16 heavy (non-hydrogen) atoms. The lowest BCUT2D eigenvalue weighted by atomic mass is 10.3. The molecule has 82 valence electrons. The van der Waals surface area contributed by atoms with E-state index in [0.29, 0.717) is 0 Å². The van der Waals surface area contributed by atoms with Crippen molar-refractivity contribution in [2.24, 2.45) is 14.1 Å². The topological polar surface area (TPSA) is 9.86 Å². The lowest BCUT2D eigenvalue weighted by molar-refractivity contribution is 0.914. The van der Waals surface area contributed by atoms with Crippen LogP contribution in [-0.4, -0.2) is 9.13 Å². The summed E-state index contributed by atoms with van der Waals surface area (Å²) in [5, 5.41) is 0. The summed E-state index contributed by atoms with van der Waals surface area (Å²) in [5.41, 5.74) is 2.41. The molecule has 0 aliphatic heterocycles. The Balaban J connectivity index is 2.03. The van der Waals surface area contributed by atoms with Gasteiger partial charge in [0.15, 0.2) is 0 Å². The zero-order valence-corrected chi connectivity index (χ0v) is 9.67. The summed E-state index contributed by atoms with van der Waals surface area (Å²) in [7, 11) is 4.08. The molecule has 0 aliphatic carbocycles. The van der Waals surface area contributed by atoms with Gasteiger partial charge in [0.1, 0.15) is 0 Å². The minimum absolute atomic E-state index is 1.21. The fourth-order valence-electron chi connectivity index (χ4n) is 1.60. The van der Waals surface area contributed by atoms with Crippen LogP contribution < -0.4 is 0 Å². The van der Waals surface area contributed by atoms with Gasteiger partial charge in [0.25, 0.3) is 0 Å². The molecular weight excluding hydrogens is 196 g/mol. The largest absolute Gasteiger partial charge is 0.351 e. The second kappa shape index (κ2) is 4.71. The van der Waals surface area contributed by atoms with Gasteiger partial charge in [-0.25, -0.2) is 0 Å². The molecular formula is C14H16N2. The number of rotatable bonds is 3. The van der Waals surface area contributed by atoms with Crippen LogP contribution in [0.2, 0.25) is 0 Å². The molecule has 2 nitrogen and oxygen atoms in total. The molecule has 0 unspecified atom stereocenters. The third-order valence-corrected chi connectivity index (χ3v) is 2.61. The number of aryl methyl sites for hydroxylation is 2. The van der Waals surface area contributed by atoms with E-state index in [9.17, 15) is 0 Å². The molecule has 0 bridgehead atoms. The lowest BCUT2D eigenvalue weighted by Gasteiger charge is -1.95. The van der Waals surface area contributed by atoms with Crippen molar-refractivity contribution in [2.45, 2.75) is 0 Å². The lowest BCUT2D eigenvalue weighted by Crippen LogP contribution is -1.86. The van der Waals surface area contributed by atoms with Gasteiger partial charge in [0.2, 0.25) is 0 Å². The van der Waals surface area contributed by atoms with Crippen LogP contribution in [0.25, 0.3) is 12.2 Å². The third-order valence-electron chi connectivity index (χ3n) is 2.61. The molecule has 0 atom stereocenters. The zero-order valence-electron chi connectivity index (χ0n) is 9.67. The van der Waals surface area contributed by atoms with Gasteiger partial charge in [-0.1, -0.05) is 12.2 Å². The fraction of sp³-hybridized carbons (Fsp3) is 0.143. The van der Waals surface area contributed by atoms with E-state index in [-0.39, 0.29) is 0 Å². The van der Waals surface area contributed by atoms with Gasteiger partial charge >= 0.3 is 0 Å². The SMILES string of the molecule is Cn1cccc1/C=C/C=C/c1cccn1C. The second-order valence-corrected chi connectivity index (χ2v) is 3.81. The van der Waals surface area contributed by atoms with Gasteiger partial charge in [-0.15, -0.1) is 0 Å². The van der Waals surface area contributed by atoms with Crippen molar-refractivity contribution in [1.29, 1.82) is 0 Å². The highest BCUT2D eigenvalue weighted by atomic mass is 14.9. The molecule has 0 aliphatic rings. The average Bonchev–Trinajstić information content (AvgIpc) is 2.84. The highest BCUT2D eigenvalue weighted by Gasteiger charge is 1.89. The molecule has 0 radical (unpaired) electrons. The van der Waals surface area contributed by atoms with Gasteiger partial charge < -0.3 is 9.13 Å². The van der Waals surface area contributed by atoms with Crippen LogP contribution in [0.4, 0.5) is 0 Å². The first kappa shape index (κ1) is 10.6. The van der Waals surface area contributed by atoms with Gasteiger partial charge in [-0.05, 0) is 36.4 Å². The fourth-order valence-corrected chi connectivity index (χ4v) is 1.60. The molecule has 0 amide bonds. The molecule has 0 saturated heterocycles. The summed E-state index contributed by atoms with van der Waals surface area (Å²) in [6.45, 7) is 0. The van der Waals surface area contributed by atoms with Gasteiger partial charge in [-0.2, -0.15) is 0 Å². The summed E-state index contributed by atoms with van der Waals surface area (Å²) in [6, 6.07) is 8.26. The Bertz CT molecular complexity index is 464. The van der Waals surface area contributed by atoms with Crippen LogP contribution in [0.15, 0.2) is 48.8 Å². The first-order chi connectivity index (χ1) is 7.77. The molecule has 0 spiro atoms. The van der Waals surface area contributed by atoms with Crippen molar-refractivity contribution in [3.05, 3.63) is 60.2 Å². The smallest absolute Gasteiger partial charge is 0.0404 e. The van der Waals surface area contributed by atoms with E-state index >= 15 is 0 Å². The van der Waals surface area contributed by atoms with E-state index in [0.717, 1.165) is 0 Å². The Morgan fingerprint density at radius 2 is 1.25 bits per heavy atom. The van der Waals surface area contributed by atoms with Crippen molar-refractivity contribution in [2.75, 3.05) is 0 Å². The van der Waals surface area contributed by atoms with E-state index in [2.05, 4.69) is 45.6 Å². The highest BCUT2D eigenvalue weighted by Crippen LogP contribution is 2.04. The van der Waals surface area contributed by atoms with Crippen molar-refractivity contribution >= 4 is 12.2 Å². The Kier molecular flexibility index (Phi) is 3.10. The molecule has 2 heteroatoms. The molecule has 2 aromatic rings. The normalized spacial score (nSPS) is 11.9. The average molecular weight is 212 g/mol. The van der Waals surface area contributed by atoms with Crippen LogP contribution in [0, 0.1) is 0 Å². The van der Waals surface area contributed by atoms with E-state index in [1.165, 1.54) is 11.4 Å². The van der Waals surface area contributed by atoms with Crippen molar-refractivity contribution in [3.8, 4) is 0 Å². The maximum Gasteiger partial charge on any atom is 0.0404 e. The van der Waals surface area contributed by atoms with Crippen LogP contribution >= 0.6 is 0 Å². The van der Waals surface area contributed by atoms with Crippen LogP contribution in [-0.2, 0) is 14.1 Å². The standard InChI is InChI=1S/C14H16N2/c1-15-11-5-9-13(15)7-3-4-8-14-10-6-12-16(14)2/h3-12H,1-2H3/b7-3+,8-4+. The van der Waals surface area contributed by atoms with E-state index in [1.54, 1.807) is 0 Å². The first-order valence-electron chi connectivity index (χ1n) is 5.35. The maximum atomic E-state index is 2.10. The Morgan fingerprint density at radius 1 is 0.812 bits per heavy atom. The van der Waals surface area contributed by atoms with Gasteiger partial charge in [0, 0.05) is 37.9 Å². The molecule has 0 N–H and O–H groups in total. The van der Waals surface area contributed by atoms with Crippen LogP contribution in [0.5, 0.6) is 0 Å². The predicted molar refractivity (Wildman–Crippen MR) is 68.9 cm³/mol. The van der Waals surface area contributed by atoms with Crippen molar-refractivity contribution in [3.63, 3.8) is 0 Å². The Morgan fingerprint density at radius 3 is 1.56 bits per heavy atom. The molecule has 2 aromatic heterocycles. The maximum absolute atomic E-state index is 2.10. The summed E-state index contributed by atoms with van der Waals surface area (Å²) >= 11 is 0. The van der Waals surface area contributed by atoms with E-state index in [1.807, 2.05) is 38.6 Å². The predicted octanol–water partition coefficient (Wildman–Crippen LogP) is 3.09. The quantitative estimate of drug-likeness (QED) is 0.692. The van der Waals surface area contributed by atoms with Crippen molar-refractivity contribution in [1.82, 2.24) is 9.13 Å². The van der Waals surface area contributed by atoms with Crippen molar-refractivity contribution < 1.29 is 0 Å². The molecule has 2 rings (SSSR count). The summed E-state index contributed by atoms with van der Waals surface area (Å²) in [4.78, 5) is 0. The minimum Gasteiger partial charge on any atom is -0.351 e. The molecule has 2 heterocycles.